The van der Waals surface area contributed by atoms with Crippen molar-refractivity contribution in [1.82, 2.24) is 10.2 Å². The molecule has 1 aliphatic heterocycles. The lowest BCUT2D eigenvalue weighted by Crippen LogP contribution is -2.47. The average Bonchev–Trinajstić information content (AvgIpc) is 2.45. The van der Waals surface area contributed by atoms with Crippen LogP contribution < -0.4 is 10.2 Å². The molecule has 106 valence electrons. The van der Waals surface area contributed by atoms with Crippen molar-refractivity contribution >= 4 is 17.3 Å². The molecule has 0 unspecified atom stereocenters. The molecule has 19 heavy (non-hydrogen) atoms. The van der Waals surface area contributed by atoms with E-state index in [1.165, 1.54) is 18.7 Å². The highest BCUT2D eigenvalue weighted by Crippen LogP contribution is 2.25. The van der Waals surface area contributed by atoms with E-state index in [0.29, 0.717) is 0 Å². The van der Waals surface area contributed by atoms with Crippen LogP contribution in [0, 0.1) is 0 Å². The zero-order valence-electron chi connectivity index (χ0n) is 11.7. The molecular weight excluding hydrogens is 258 g/mol. The summed E-state index contributed by atoms with van der Waals surface area (Å²) in [6.45, 7) is 9.97. The molecule has 0 aliphatic carbocycles. The van der Waals surface area contributed by atoms with E-state index in [0.717, 1.165) is 44.3 Å². The molecule has 0 spiro atoms. The summed E-state index contributed by atoms with van der Waals surface area (Å²) in [6.07, 6.45) is 1.24. The van der Waals surface area contributed by atoms with E-state index in [9.17, 15) is 0 Å². The highest BCUT2D eigenvalue weighted by molar-refractivity contribution is 6.33. The van der Waals surface area contributed by atoms with Crippen molar-refractivity contribution in [3.05, 3.63) is 29.3 Å². The fraction of sp³-hybridized carbons (Fsp3) is 0.600. The highest BCUT2D eigenvalue weighted by Gasteiger charge is 2.17. The third-order valence-electron chi connectivity index (χ3n) is 3.64. The summed E-state index contributed by atoms with van der Waals surface area (Å²) in [4.78, 5) is 4.94. The number of anilines is 1. The van der Waals surface area contributed by atoms with E-state index in [1.807, 2.05) is 12.1 Å². The molecule has 2 rings (SSSR count). The number of benzene rings is 1. The minimum absolute atomic E-state index is 0.864. The van der Waals surface area contributed by atoms with E-state index >= 15 is 0 Å². The monoisotopic (exact) mass is 281 g/mol. The average molecular weight is 282 g/mol. The largest absolute Gasteiger partial charge is 0.368 e. The number of rotatable bonds is 6. The van der Waals surface area contributed by atoms with Gasteiger partial charge in [0.05, 0.1) is 10.7 Å². The lowest BCUT2D eigenvalue weighted by Gasteiger charge is -2.36. The van der Waals surface area contributed by atoms with E-state index < -0.39 is 0 Å². The van der Waals surface area contributed by atoms with Gasteiger partial charge in [-0.3, -0.25) is 4.90 Å². The summed E-state index contributed by atoms with van der Waals surface area (Å²) in [5.74, 6) is 0. The SMILES string of the molecule is CCNCCCN1CCN(c2ccccc2Cl)CC1. The summed E-state index contributed by atoms with van der Waals surface area (Å²) in [5, 5.41) is 4.24. The van der Waals surface area contributed by atoms with Gasteiger partial charge in [0.25, 0.3) is 0 Å². The first-order chi connectivity index (χ1) is 9.31. The van der Waals surface area contributed by atoms with Crippen molar-refractivity contribution in [2.75, 3.05) is 50.7 Å². The molecule has 1 fully saturated rings. The van der Waals surface area contributed by atoms with Crippen molar-refractivity contribution in [3.63, 3.8) is 0 Å². The summed E-state index contributed by atoms with van der Waals surface area (Å²) in [7, 11) is 0. The molecule has 1 aromatic rings. The van der Waals surface area contributed by atoms with Gasteiger partial charge < -0.3 is 10.2 Å². The Kier molecular flexibility index (Phi) is 5.95. The molecule has 1 N–H and O–H groups in total. The van der Waals surface area contributed by atoms with Gasteiger partial charge in [0.15, 0.2) is 0 Å². The third kappa shape index (κ3) is 4.37. The molecule has 4 heteroatoms. The predicted octanol–water partition coefficient (Wildman–Crippen LogP) is 2.46. The van der Waals surface area contributed by atoms with Gasteiger partial charge in [0.1, 0.15) is 0 Å². The van der Waals surface area contributed by atoms with Crippen molar-refractivity contribution in [2.24, 2.45) is 0 Å². The maximum Gasteiger partial charge on any atom is 0.0639 e. The Morgan fingerprint density at radius 1 is 1.16 bits per heavy atom. The second kappa shape index (κ2) is 7.73. The van der Waals surface area contributed by atoms with Gasteiger partial charge in [-0.05, 0) is 38.2 Å². The van der Waals surface area contributed by atoms with Crippen LogP contribution in [-0.4, -0.2) is 50.7 Å². The van der Waals surface area contributed by atoms with E-state index in [2.05, 4.69) is 34.2 Å². The van der Waals surface area contributed by atoms with Crippen LogP contribution in [0.4, 0.5) is 5.69 Å². The van der Waals surface area contributed by atoms with Gasteiger partial charge in [-0.2, -0.15) is 0 Å². The smallest absolute Gasteiger partial charge is 0.0639 e. The zero-order valence-corrected chi connectivity index (χ0v) is 12.5. The Morgan fingerprint density at radius 2 is 1.89 bits per heavy atom. The van der Waals surface area contributed by atoms with Crippen LogP contribution in [0.5, 0.6) is 0 Å². The van der Waals surface area contributed by atoms with Gasteiger partial charge in [0, 0.05) is 26.2 Å². The minimum Gasteiger partial charge on any atom is -0.368 e. The van der Waals surface area contributed by atoms with Crippen LogP contribution in [0.2, 0.25) is 5.02 Å². The summed E-state index contributed by atoms with van der Waals surface area (Å²) in [6, 6.07) is 8.13. The van der Waals surface area contributed by atoms with Crippen LogP contribution in [0.15, 0.2) is 24.3 Å². The second-order valence-corrected chi connectivity index (χ2v) is 5.39. The van der Waals surface area contributed by atoms with Crippen LogP contribution in [0.25, 0.3) is 0 Å². The number of nitrogens with zero attached hydrogens (tertiary/aromatic N) is 2. The molecule has 0 bridgehead atoms. The maximum atomic E-state index is 6.25. The summed E-state index contributed by atoms with van der Waals surface area (Å²) < 4.78 is 0. The Bertz CT molecular complexity index is 375. The molecule has 3 nitrogen and oxygen atoms in total. The molecular formula is C15H24ClN3. The van der Waals surface area contributed by atoms with E-state index in [1.54, 1.807) is 0 Å². The van der Waals surface area contributed by atoms with Crippen LogP contribution in [0.1, 0.15) is 13.3 Å². The van der Waals surface area contributed by atoms with Crippen LogP contribution >= 0.6 is 11.6 Å². The molecule has 1 saturated heterocycles. The van der Waals surface area contributed by atoms with Crippen molar-refractivity contribution in [2.45, 2.75) is 13.3 Å². The number of halogens is 1. The second-order valence-electron chi connectivity index (χ2n) is 4.99. The number of piperazine rings is 1. The first kappa shape index (κ1) is 14.6. The van der Waals surface area contributed by atoms with Crippen LogP contribution in [0.3, 0.4) is 0 Å². The Morgan fingerprint density at radius 3 is 2.58 bits per heavy atom. The third-order valence-corrected chi connectivity index (χ3v) is 3.96. The van der Waals surface area contributed by atoms with Crippen molar-refractivity contribution in [1.29, 1.82) is 0 Å². The molecule has 1 heterocycles. The number of para-hydroxylation sites is 1. The van der Waals surface area contributed by atoms with E-state index in [-0.39, 0.29) is 0 Å². The van der Waals surface area contributed by atoms with Gasteiger partial charge in [-0.15, -0.1) is 0 Å². The number of hydrogen-bond donors (Lipinski definition) is 1. The first-order valence-electron chi connectivity index (χ1n) is 7.24. The normalized spacial score (nSPS) is 16.8. The molecule has 1 aromatic carbocycles. The molecule has 1 aliphatic rings. The minimum atomic E-state index is 0.864. The highest BCUT2D eigenvalue weighted by atomic mass is 35.5. The Balaban J connectivity index is 1.75. The standard InChI is InChI=1S/C15H24ClN3/c1-2-17-8-5-9-18-10-12-19(13-11-18)15-7-4-3-6-14(15)16/h3-4,6-7,17H,2,5,8-13H2,1H3. The fourth-order valence-corrected chi connectivity index (χ4v) is 2.78. The Hall–Kier alpha value is -0.770. The Labute approximate surface area is 121 Å². The lowest BCUT2D eigenvalue weighted by atomic mass is 10.2. The number of nitrogens with one attached hydrogen (secondary N) is 1. The van der Waals surface area contributed by atoms with Gasteiger partial charge in [-0.1, -0.05) is 30.7 Å². The van der Waals surface area contributed by atoms with E-state index in [4.69, 9.17) is 11.6 Å². The fourth-order valence-electron chi connectivity index (χ4n) is 2.53. The first-order valence-corrected chi connectivity index (χ1v) is 7.61. The van der Waals surface area contributed by atoms with Crippen molar-refractivity contribution < 1.29 is 0 Å². The molecule has 0 saturated carbocycles. The van der Waals surface area contributed by atoms with Gasteiger partial charge >= 0.3 is 0 Å². The maximum absolute atomic E-state index is 6.25. The number of hydrogen-bond acceptors (Lipinski definition) is 3. The molecule has 0 amide bonds. The summed E-state index contributed by atoms with van der Waals surface area (Å²) in [5.41, 5.74) is 1.18. The quantitative estimate of drug-likeness (QED) is 0.808. The molecule has 0 aromatic heterocycles. The van der Waals surface area contributed by atoms with Gasteiger partial charge in [0.2, 0.25) is 0 Å². The summed E-state index contributed by atoms with van der Waals surface area (Å²) >= 11 is 6.25. The molecule has 0 radical (unpaired) electrons. The zero-order chi connectivity index (χ0) is 13.5. The topological polar surface area (TPSA) is 18.5 Å². The van der Waals surface area contributed by atoms with Gasteiger partial charge in [-0.25, -0.2) is 0 Å². The molecule has 0 atom stereocenters. The van der Waals surface area contributed by atoms with Crippen LogP contribution in [-0.2, 0) is 0 Å². The predicted molar refractivity (Wildman–Crippen MR) is 83.3 cm³/mol. The lowest BCUT2D eigenvalue weighted by molar-refractivity contribution is 0.254. The van der Waals surface area contributed by atoms with Crippen molar-refractivity contribution in [3.8, 4) is 0 Å².